The number of para-hydroxylation sites is 1. The highest BCUT2D eigenvalue weighted by molar-refractivity contribution is 9.11. The molecule has 4 nitrogen and oxygen atoms in total. The summed E-state index contributed by atoms with van der Waals surface area (Å²) >= 11 is 4.68. The number of methoxy groups -OCH3 is 1. The molecular formula is C12H11BrN2O2S. The van der Waals surface area contributed by atoms with Crippen LogP contribution in [0.1, 0.15) is 5.56 Å². The summed E-state index contributed by atoms with van der Waals surface area (Å²) < 4.78 is 6.08. The third kappa shape index (κ3) is 3.30. The van der Waals surface area contributed by atoms with Crippen LogP contribution in [0.5, 0.6) is 5.75 Å². The van der Waals surface area contributed by atoms with Gasteiger partial charge in [0.25, 0.3) is 0 Å². The number of halogens is 1. The van der Waals surface area contributed by atoms with Gasteiger partial charge in [0.05, 0.1) is 23.5 Å². The van der Waals surface area contributed by atoms with Crippen LogP contribution >= 0.6 is 27.3 Å². The van der Waals surface area contributed by atoms with Crippen LogP contribution in [-0.2, 0) is 11.2 Å². The number of rotatable bonds is 4. The normalized spacial score (nSPS) is 10.1. The first-order valence-electron chi connectivity index (χ1n) is 5.22. The second-order valence-corrected chi connectivity index (χ2v) is 5.92. The van der Waals surface area contributed by atoms with Crippen LogP contribution in [0.25, 0.3) is 0 Å². The Kier molecular flexibility index (Phi) is 4.33. The Bertz CT molecular complexity index is 557. The van der Waals surface area contributed by atoms with E-state index in [1.54, 1.807) is 13.3 Å². The lowest BCUT2D eigenvalue weighted by molar-refractivity contribution is -0.115. The Morgan fingerprint density at radius 1 is 1.50 bits per heavy atom. The molecule has 0 atom stereocenters. The molecule has 1 heterocycles. The zero-order chi connectivity index (χ0) is 13.0. The Hall–Kier alpha value is -1.40. The number of amides is 1. The van der Waals surface area contributed by atoms with Gasteiger partial charge < -0.3 is 10.1 Å². The van der Waals surface area contributed by atoms with E-state index >= 15 is 0 Å². The van der Waals surface area contributed by atoms with Crippen LogP contribution in [0.2, 0.25) is 0 Å². The van der Waals surface area contributed by atoms with Crippen molar-refractivity contribution in [2.45, 2.75) is 6.42 Å². The highest BCUT2D eigenvalue weighted by Gasteiger charge is 2.10. The SMILES string of the molecule is COc1ccccc1CC(=O)Nc1ncc(Br)s1. The lowest BCUT2D eigenvalue weighted by Crippen LogP contribution is -2.14. The number of ether oxygens (including phenoxy) is 1. The Morgan fingerprint density at radius 3 is 2.94 bits per heavy atom. The van der Waals surface area contributed by atoms with Gasteiger partial charge >= 0.3 is 0 Å². The van der Waals surface area contributed by atoms with Crippen LogP contribution in [0.15, 0.2) is 34.2 Å². The van der Waals surface area contributed by atoms with Crippen molar-refractivity contribution in [2.24, 2.45) is 0 Å². The van der Waals surface area contributed by atoms with Gasteiger partial charge in [-0.1, -0.05) is 29.5 Å². The first-order valence-corrected chi connectivity index (χ1v) is 6.83. The van der Waals surface area contributed by atoms with Gasteiger partial charge in [0.1, 0.15) is 5.75 Å². The maximum absolute atomic E-state index is 11.8. The number of benzene rings is 1. The average Bonchev–Trinajstić information content (AvgIpc) is 2.75. The van der Waals surface area contributed by atoms with E-state index in [2.05, 4.69) is 26.2 Å². The molecule has 6 heteroatoms. The molecule has 94 valence electrons. The molecule has 1 N–H and O–H groups in total. The highest BCUT2D eigenvalue weighted by atomic mass is 79.9. The van der Waals surface area contributed by atoms with Gasteiger partial charge in [-0.15, -0.1) is 0 Å². The van der Waals surface area contributed by atoms with E-state index in [1.165, 1.54) is 11.3 Å². The van der Waals surface area contributed by atoms with Crippen LogP contribution in [0, 0.1) is 0 Å². The van der Waals surface area contributed by atoms with Gasteiger partial charge in [0.15, 0.2) is 5.13 Å². The number of anilines is 1. The van der Waals surface area contributed by atoms with Crippen molar-refractivity contribution in [1.29, 1.82) is 0 Å². The molecule has 0 radical (unpaired) electrons. The molecule has 1 aromatic heterocycles. The van der Waals surface area contributed by atoms with Gasteiger partial charge in [0.2, 0.25) is 5.91 Å². The standard InChI is InChI=1S/C12H11BrN2O2S/c1-17-9-5-3-2-4-8(9)6-11(16)15-12-14-7-10(13)18-12/h2-5,7H,6H2,1H3,(H,14,15,16). The van der Waals surface area contributed by atoms with E-state index < -0.39 is 0 Å². The second kappa shape index (κ2) is 5.97. The van der Waals surface area contributed by atoms with Crippen LogP contribution in [0.3, 0.4) is 0 Å². The lowest BCUT2D eigenvalue weighted by atomic mass is 10.1. The largest absolute Gasteiger partial charge is 0.496 e. The van der Waals surface area contributed by atoms with Crippen molar-refractivity contribution in [3.05, 3.63) is 39.8 Å². The van der Waals surface area contributed by atoms with Gasteiger partial charge in [0, 0.05) is 5.56 Å². The zero-order valence-electron chi connectivity index (χ0n) is 9.64. The van der Waals surface area contributed by atoms with Crippen molar-refractivity contribution < 1.29 is 9.53 Å². The molecule has 0 spiro atoms. The first-order chi connectivity index (χ1) is 8.69. The van der Waals surface area contributed by atoms with Crippen molar-refractivity contribution in [3.63, 3.8) is 0 Å². The maximum Gasteiger partial charge on any atom is 0.230 e. The Morgan fingerprint density at radius 2 is 2.28 bits per heavy atom. The molecule has 2 aromatic rings. The summed E-state index contributed by atoms with van der Waals surface area (Å²) in [6, 6.07) is 7.46. The summed E-state index contributed by atoms with van der Waals surface area (Å²) in [4.78, 5) is 15.9. The predicted octanol–water partition coefficient (Wildman–Crippen LogP) is 3.10. The summed E-state index contributed by atoms with van der Waals surface area (Å²) in [7, 11) is 1.59. The highest BCUT2D eigenvalue weighted by Crippen LogP contribution is 2.24. The minimum atomic E-state index is -0.110. The molecule has 0 saturated heterocycles. The van der Waals surface area contributed by atoms with Gasteiger partial charge in [-0.3, -0.25) is 4.79 Å². The number of carbonyl (C=O) groups is 1. The van der Waals surface area contributed by atoms with Gasteiger partial charge in [-0.25, -0.2) is 4.98 Å². The fourth-order valence-corrected chi connectivity index (χ4v) is 2.62. The van der Waals surface area contributed by atoms with E-state index in [0.29, 0.717) is 10.9 Å². The van der Waals surface area contributed by atoms with Crippen molar-refractivity contribution >= 4 is 38.3 Å². The number of aromatic nitrogens is 1. The van der Waals surface area contributed by atoms with E-state index in [4.69, 9.17) is 4.74 Å². The molecule has 0 saturated carbocycles. The number of carbonyl (C=O) groups excluding carboxylic acids is 1. The molecule has 0 aliphatic rings. The van der Waals surface area contributed by atoms with Crippen LogP contribution in [0.4, 0.5) is 5.13 Å². The number of thiazole rings is 1. The fourth-order valence-electron chi connectivity index (χ4n) is 1.50. The monoisotopic (exact) mass is 326 g/mol. The quantitative estimate of drug-likeness (QED) is 0.939. The molecule has 2 rings (SSSR count). The number of nitrogens with zero attached hydrogens (tertiary/aromatic N) is 1. The maximum atomic E-state index is 11.8. The predicted molar refractivity (Wildman–Crippen MR) is 75.1 cm³/mol. The average molecular weight is 327 g/mol. The number of hydrogen-bond acceptors (Lipinski definition) is 4. The molecule has 18 heavy (non-hydrogen) atoms. The summed E-state index contributed by atoms with van der Waals surface area (Å²) in [6.45, 7) is 0. The minimum Gasteiger partial charge on any atom is -0.496 e. The summed E-state index contributed by atoms with van der Waals surface area (Å²) in [5.74, 6) is 0.606. The van der Waals surface area contributed by atoms with Gasteiger partial charge in [-0.2, -0.15) is 0 Å². The Balaban J connectivity index is 2.03. The van der Waals surface area contributed by atoms with E-state index in [0.717, 1.165) is 9.35 Å². The van der Waals surface area contributed by atoms with Gasteiger partial charge in [-0.05, 0) is 22.0 Å². The Labute approximate surface area is 117 Å². The third-order valence-corrected chi connectivity index (χ3v) is 3.66. The molecule has 0 unspecified atom stereocenters. The molecular weight excluding hydrogens is 316 g/mol. The summed E-state index contributed by atoms with van der Waals surface area (Å²) in [5, 5.41) is 3.33. The molecule has 1 amide bonds. The lowest BCUT2D eigenvalue weighted by Gasteiger charge is -2.07. The fraction of sp³-hybridized carbons (Fsp3) is 0.167. The van der Waals surface area contributed by atoms with Crippen LogP contribution < -0.4 is 10.1 Å². The van der Waals surface area contributed by atoms with Crippen molar-refractivity contribution in [2.75, 3.05) is 12.4 Å². The molecule has 0 fully saturated rings. The number of hydrogen-bond donors (Lipinski definition) is 1. The topological polar surface area (TPSA) is 51.2 Å². The van der Waals surface area contributed by atoms with E-state index in [9.17, 15) is 4.79 Å². The van der Waals surface area contributed by atoms with E-state index in [1.807, 2.05) is 24.3 Å². The van der Waals surface area contributed by atoms with E-state index in [-0.39, 0.29) is 12.3 Å². The van der Waals surface area contributed by atoms with Crippen LogP contribution in [-0.4, -0.2) is 18.0 Å². The zero-order valence-corrected chi connectivity index (χ0v) is 12.0. The number of nitrogens with one attached hydrogen (secondary N) is 1. The molecule has 0 bridgehead atoms. The van der Waals surface area contributed by atoms with Crippen molar-refractivity contribution in [3.8, 4) is 5.75 Å². The molecule has 0 aliphatic heterocycles. The summed E-state index contributed by atoms with van der Waals surface area (Å²) in [5.41, 5.74) is 0.855. The minimum absolute atomic E-state index is 0.110. The first kappa shape index (κ1) is 13.0. The van der Waals surface area contributed by atoms with Crippen molar-refractivity contribution in [1.82, 2.24) is 4.98 Å². The second-order valence-electron chi connectivity index (χ2n) is 3.51. The molecule has 1 aromatic carbocycles. The summed E-state index contributed by atoms with van der Waals surface area (Å²) in [6.07, 6.45) is 1.92. The molecule has 0 aliphatic carbocycles. The third-order valence-electron chi connectivity index (χ3n) is 2.27. The smallest absolute Gasteiger partial charge is 0.230 e.